The van der Waals surface area contributed by atoms with Crippen molar-refractivity contribution in [3.63, 3.8) is 0 Å². The molecule has 0 saturated carbocycles. The van der Waals surface area contributed by atoms with Crippen molar-refractivity contribution in [1.82, 2.24) is 0 Å². The fourth-order valence-electron chi connectivity index (χ4n) is 1.42. The molecule has 1 aromatic rings. The van der Waals surface area contributed by atoms with Crippen molar-refractivity contribution in [2.45, 2.75) is 6.42 Å². The van der Waals surface area contributed by atoms with Crippen LogP contribution in [0.15, 0.2) is 18.2 Å². The average Bonchev–Trinajstić information content (AvgIpc) is 2.29. The SMILES string of the molecule is CN(C)c1cc(OCCCS)cc(N(C)C)c1. The van der Waals surface area contributed by atoms with Gasteiger partial charge in [0.2, 0.25) is 0 Å². The van der Waals surface area contributed by atoms with Crippen LogP contribution in [-0.2, 0) is 0 Å². The van der Waals surface area contributed by atoms with Gasteiger partial charge in [-0.05, 0) is 18.2 Å². The smallest absolute Gasteiger partial charge is 0.123 e. The van der Waals surface area contributed by atoms with E-state index in [1.54, 1.807) is 0 Å². The molecule has 0 atom stereocenters. The summed E-state index contributed by atoms with van der Waals surface area (Å²) in [6.07, 6.45) is 0.965. The lowest BCUT2D eigenvalue weighted by Crippen LogP contribution is -2.13. The van der Waals surface area contributed by atoms with E-state index in [-0.39, 0.29) is 0 Å². The van der Waals surface area contributed by atoms with Gasteiger partial charge in [-0.2, -0.15) is 12.6 Å². The molecule has 0 bridgehead atoms. The second kappa shape index (κ2) is 6.64. The highest BCUT2D eigenvalue weighted by Gasteiger charge is 2.05. The predicted octanol–water partition coefficient (Wildman–Crippen LogP) is 2.52. The monoisotopic (exact) mass is 254 g/mol. The summed E-state index contributed by atoms with van der Waals surface area (Å²) in [6.45, 7) is 0.716. The molecule has 0 heterocycles. The summed E-state index contributed by atoms with van der Waals surface area (Å²) in [5.74, 6) is 1.77. The summed E-state index contributed by atoms with van der Waals surface area (Å²) < 4.78 is 5.73. The summed E-state index contributed by atoms with van der Waals surface area (Å²) in [5.41, 5.74) is 2.30. The van der Waals surface area contributed by atoms with E-state index < -0.39 is 0 Å². The average molecular weight is 254 g/mol. The van der Waals surface area contributed by atoms with E-state index in [2.05, 4.69) is 40.6 Å². The molecule has 1 aromatic carbocycles. The quantitative estimate of drug-likeness (QED) is 0.620. The number of thiol groups is 1. The van der Waals surface area contributed by atoms with Crippen LogP contribution in [0.3, 0.4) is 0 Å². The first-order chi connectivity index (χ1) is 8.04. The Labute approximate surface area is 110 Å². The Morgan fingerprint density at radius 2 is 1.53 bits per heavy atom. The lowest BCUT2D eigenvalue weighted by molar-refractivity contribution is 0.319. The van der Waals surface area contributed by atoms with Crippen molar-refractivity contribution in [2.24, 2.45) is 0 Å². The highest BCUT2D eigenvalue weighted by atomic mass is 32.1. The van der Waals surface area contributed by atoms with E-state index in [0.717, 1.165) is 29.3 Å². The number of rotatable bonds is 6. The normalized spacial score (nSPS) is 10.2. The van der Waals surface area contributed by atoms with Gasteiger partial charge >= 0.3 is 0 Å². The molecule has 0 unspecified atom stereocenters. The predicted molar refractivity (Wildman–Crippen MR) is 79.1 cm³/mol. The summed E-state index contributed by atoms with van der Waals surface area (Å²) in [4.78, 5) is 4.16. The van der Waals surface area contributed by atoms with Crippen molar-refractivity contribution >= 4 is 24.0 Å². The molecule has 0 radical (unpaired) electrons. The Bertz CT molecular complexity index is 327. The van der Waals surface area contributed by atoms with Crippen molar-refractivity contribution in [1.29, 1.82) is 0 Å². The van der Waals surface area contributed by atoms with Crippen LogP contribution in [0.5, 0.6) is 5.75 Å². The zero-order valence-corrected chi connectivity index (χ0v) is 12.0. The summed E-state index contributed by atoms with van der Waals surface area (Å²) >= 11 is 4.18. The number of ether oxygens (including phenoxy) is 1. The van der Waals surface area contributed by atoms with Crippen LogP contribution < -0.4 is 14.5 Å². The first-order valence-electron chi connectivity index (χ1n) is 5.78. The molecule has 0 fully saturated rings. The van der Waals surface area contributed by atoms with Crippen LogP contribution in [0.1, 0.15) is 6.42 Å². The van der Waals surface area contributed by atoms with E-state index in [9.17, 15) is 0 Å². The lowest BCUT2D eigenvalue weighted by Gasteiger charge is -2.20. The van der Waals surface area contributed by atoms with Gasteiger partial charge in [0, 0.05) is 51.7 Å². The Hall–Kier alpha value is -1.03. The molecule has 1 rings (SSSR count). The highest BCUT2D eigenvalue weighted by Crippen LogP contribution is 2.27. The number of benzene rings is 1. The van der Waals surface area contributed by atoms with E-state index in [0.29, 0.717) is 6.61 Å². The van der Waals surface area contributed by atoms with E-state index >= 15 is 0 Å². The van der Waals surface area contributed by atoms with Crippen molar-refractivity contribution in [3.05, 3.63) is 18.2 Å². The Morgan fingerprint density at radius 3 is 1.94 bits per heavy atom. The maximum atomic E-state index is 5.73. The molecule has 0 N–H and O–H groups in total. The Morgan fingerprint density at radius 1 is 1.00 bits per heavy atom. The van der Waals surface area contributed by atoms with Crippen LogP contribution in [0.4, 0.5) is 11.4 Å². The van der Waals surface area contributed by atoms with Gasteiger partial charge in [-0.3, -0.25) is 0 Å². The van der Waals surface area contributed by atoms with E-state index in [4.69, 9.17) is 4.74 Å². The molecule has 0 spiro atoms. The molecule has 3 nitrogen and oxygen atoms in total. The minimum absolute atomic E-state index is 0.716. The minimum Gasteiger partial charge on any atom is -0.493 e. The van der Waals surface area contributed by atoms with Crippen LogP contribution in [-0.4, -0.2) is 40.6 Å². The fraction of sp³-hybridized carbons (Fsp3) is 0.538. The van der Waals surface area contributed by atoms with E-state index in [1.165, 1.54) is 0 Å². The number of anilines is 2. The minimum atomic E-state index is 0.716. The van der Waals surface area contributed by atoms with Gasteiger partial charge in [-0.15, -0.1) is 0 Å². The molecular weight excluding hydrogens is 232 g/mol. The maximum Gasteiger partial charge on any atom is 0.123 e. The summed E-state index contributed by atoms with van der Waals surface area (Å²) in [6, 6.07) is 6.27. The fourth-order valence-corrected chi connectivity index (χ4v) is 1.55. The molecule has 0 amide bonds. The molecule has 0 aliphatic heterocycles. The second-order valence-corrected chi connectivity index (χ2v) is 4.85. The largest absolute Gasteiger partial charge is 0.493 e. The number of hydrogen-bond donors (Lipinski definition) is 1. The highest BCUT2D eigenvalue weighted by molar-refractivity contribution is 7.80. The maximum absolute atomic E-state index is 5.73. The van der Waals surface area contributed by atoms with Crippen molar-refractivity contribution in [3.8, 4) is 5.75 Å². The third-order valence-electron chi connectivity index (χ3n) is 2.48. The molecule has 0 aliphatic rings. The van der Waals surface area contributed by atoms with Gasteiger partial charge in [0.25, 0.3) is 0 Å². The summed E-state index contributed by atoms with van der Waals surface area (Å²) in [5, 5.41) is 0. The molecular formula is C13H22N2OS. The standard InChI is InChI=1S/C13H22N2OS/c1-14(2)11-8-12(15(3)4)10-13(9-11)16-6-5-7-17/h8-10,17H,5-7H2,1-4H3. The number of hydrogen-bond acceptors (Lipinski definition) is 4. The van der Waals surface area contributed by atoms with Crippen LogP contribution in [0.2, 0.25) is 0 Å². The lowest BCUT2D eigenvalue weighted by atomic mass is 10.2. The van der Waals surface area contributed by atoms with Gasteiger partial charge in [0.05, 0.1) is 6.61 Å². The van der Waals surface area contributed by atoms with Crippen molar-refractivity contribution < 1.29 is 4.74 Å². The first kappa shape index (κ1) is 14.0. The zero-order valence-electron chi connectivity index (χ0n) is 11.1. The third kappa shape index (κ3) is 4.38. The van der Waals surface area contributed by atoms with Gasteiger partial charge in [0.15, 0.2) is 0 Å². The molecule has 0 aromatic heterocycles. The first-order valence-corrected chi connectivity index (χ1v) is 6.41. The van der Waals surface area contributed by atoms with Crippen LogP contribution >= 0.6 is 12.6 Å². The molecule has 0 aliphatic carbocycles. The van der Waals surface area contributed by atoms with Crippen LogP contribution in [0.25, 0.3) is 0 Å². The topological polar surface area (TPSA) is 15.7 Å². The number of nitrogens with zero attached hydrogens (tertiary/aromatic N) is 2. The molecule has 4 heteroatoms. The zero-order chi connectivity index (χ0) is 12.8. The molecule has 17 heavy (non-hydrogen) atoms. The van der Waals surface area contributed by atoms with Gasteiger partial charge < -0.3 is 14.5 Å². The van der Waals surface area contributed by atoms with Crippen LogP contribution in [0, 0.1) is 0 Å². The van der Waals surface area contributed by atoms with E-state index in [1.807, 2.05) is 28.2 Å². The van der Waals surface area contributed by atoms with Gasteiger partial charge in [-0.25, -0.2) is 0 Å². The Kier molecular flexibility index (Phi) is 5.48. The Balaban J connectivity index is 2.88. The molecule has 0 saturated heterocycles. The second-order valence-electron chi connectivity index (χ2n) is 4.40. The molecule has 96 valence electrons. The summed E-state index contributed by atoms with van der Waals surface area (Å²) in [7, 11) is 8.14. The third-order valence-corrected chi connectivity index (χ3v) is 2.80. The van der Waals surface area contributed by atoms with Gasteiger partial charge in [0.1, 0.15) is 5.75 Å². The van der Waals surface area contributed by atoms with Gasteiger partial charge in [-0.1, -0.05) is 0 Å². The van der Waals surface area contributed by atoms with Crippen molar-refractivity contribution in [2.75, 3.05) is 50.4 Å².